The van der Waals surface area contributed by atoms with Gasteiger partial charge in [-0.1, -0.05) is 35.5 Å². The van der Waals surface area contributed by atoms with Crippen molar-refractivity contribution in [2.45, 2.75) is 38.0 Å². The van der Waals surface area contributed by atoms with E-state index in [9.17, 15) is 4.79 Å². The number of thioether (sulfide) groups is 1. The minimum atomic E-state index is -0.287. The summed E-state index contributed by atoms with van der Waals surface area (Å²) in [5, 5.41) is 4.68. The van der Waals surface area contributed by atoms with Gasteiger partial charge in [0.15, 0.2) is 0 Å². The lowest BCUT2D eigenvalue weighted by molar-refractivity contribution is -0.115. The van der Waals surface area contributed by atoms with E-state index in [-0.39, 0.29) is 11.2 Å². The van der Waals surface area contributed by atoms with Gasteiger partial charge >= 0.3 is 0 Å². The van der Waals surface area contributed by atoms with Crippen LogP contribution in [0.1, 0.15) is 23.6 Å². The van der Waals surface area contributed by atoms with Gasteiger partial charge in [-0.2, -0.15) is 0 Å². The number of anilines is 1. The predicted octanol–water partition coefficient (Wildman–Crippen LogP) is 5.29. The second kappa shape index (κ2) is 8.01. The summed E-state index contributed by atoms with van der Waals surface area (Å²) in [5.74, 6) is 0.568. The van der Waals surface area contributed by atoms with Gasteiger partial charge in [0.2, 0.25) is 5.91 Å². The first kappa shape index (κ1) is 19.2. The number of hydrogen-bond donors (Lipinski definition) is 1. The number of aromatic nitrogens is 1. The SMILES string of the molecule is COc1ccccc1NC(=O)[C@H](C)Sc1cc(C)c2cc(C)cc(C)c2n1. The summed E-state index contributed by atoms with van der Waals surface area (Å²) in [5.41, 5.74) is 5.23. The van der Waals surface area contributed by atoms with Gasteiger partial charge in [0.25, 0.3) is 0 Å². The second-order valence-electron chi connectivity index (χ2n) is 6.70. The Morgan fingerprint density at radius 1 is 1.11 bits per heavy atom. The summed E-state index contributed by atoms with van der Waals surface area (Å²) in [6.45, 7) is 8.15. The molecule has 0 bridgehead atoms. The van der Waals surface area contributed by atoms with Crippen LogP contribution in [0.3, 0.4) is 0 Å². The van der Waals surface area contributed by atoms with Gasteiger partial charge < -0.3 is 10.1 Å². The second-order valence-corrected chi connectivity index (χ2v) is 8.07. The molecule has 0 aliphatic carbocycles. The minimum Gasteiger partial charge on any atom is -0.495 e. The number of rotatable bonds is 5. The number of benzene rings is 2. The lowest BCUT2D eigenvalue weighted by atomic mass is 10.0. The number of methoxy groups -OCH3 is 1. The fourth-order valence-corrected chi connectivity index (χ4v) is 4.01. The van der Waals surface area contributed by atoms with Crippen LogP contribution in [0, 0.1) is 20.8 Å². The van der Waals surface area contributed by atoms with Crippen molar-refractivity contribution in [3.05, 3.63) is 59.2 Å². The van der Waals surface area contributed by atoms with Crippen LogP contribution in [0.25, 0.3) is 10.9 Å². The van der Waals surface area contributed by atoms with Gasteiger partial charge in [-0.3, -0.25) is 4.79 Å². The summed E-state index contributed by atoms with van der Waals surface area (Å²) in [6, 6.07) is 13.8. The smallest absolute Gasteiger partial charge is 0.237 e. The summed E-state index contributed by atoms with van der Waals surface area (Å²) < 4.78 is 5.30. The number of hydrogen-bond acceptors (Lipinski definition) is 4. The predicted molar refractivity (Wildman–Crippen MR) is 113 cm³/mol. The van der Waals surface area contributed by atoms with Crippen molar-refractivity contribution >= 4 is 34.3 Å². The largest absolute Gasteiger partial charge is 0.495 e. The first-order valence-corrected chi connectivity index (χ1v) is 9.76. The van der Waals surface area contributed by atoms with Crippen LogP contribution >= 0.6 is 11.8 Å². The lowest BCUT2D eigenvalue weighted by Crippen LogP contribution is -2.22. The number of para-hydroxylation sites is 2. The van der Waals surface area contributed by atoms with Crippen molar-refractivity contribution in [2.24, 2.45) is 0 Å². The number of nitrogens with zero attached hydrogens (tertiary/aromatic N) is 1. The van der Waals surface area contributed by atoms with Crippen LogP contribution in [0.15, 0.2) is 47.5 Å². The molecule has 0 aliphatic heterocycles. The molecule has 0 radical (unpaired) electrons. The zero-order valence-electron chi connectivity index (χ0n) is 16.3. The molecule has 1 N–H and O–H groups in total. The zero-order valence-corrected chi connectivity index (χ0v) is 17.1. The number of pyridine rings is 1. The fraction of sp³-hybridized carbons (Fsp3) is 0.273. The molecule has 1 aromatic heterocycles. The summed E-state index contributed by atoms with van der Waals surface area (Å²) >= 11 is 1.46. The molecule has 0 fully saturated rings. The number of ether oxygens (including phenoxy) is 1. The zero-order chi connectivity index (χ0) is 19.6. The van der Waals surface area contributed by atoms with E-state index < -0.39 is 0 Å². The maximum Gasteiger partial charge on any atom is 0.237 e. The van der Waals surface area contributed by atoms with Crippen LogP contribution < -0.4 is 10.1 Å². The van der Waals surface area contributed by atoms with Crippen LogP contribution in [0.4, 0.5) is 5.69 Å². The summed E-state index contributed by atoms with van der Waals surface area (Å²) in [7, 11) is 1.59. The van der Waals surface area contributed by atoms with E-state index in [1.807, 2.05) is 31.2 Å². The molecule has 0 saturated heterocycles. The number of amides is 1. The average Bonchev–Trinajstić information content (AvgIpc) is 2.63. The van der Waals surface area contributed by atoms with E-state index in [0.717, 1.165) is 16.1 Å². The molecule has 1 heterocycles. The third kappa shape index (κ3) is 4.25. The molecular formula is C22H24N2O2S. The van der Waals surface area contributed by atoms with Crippen LogP contribution in [-0.2, 0) is 4.79 Å². The number of fused-ring (bicyclic) bond motifs is 1. The number of nitrogens with one attached hydrogen (secondary N) is 1. The molecule has 0 unspecified atom stereocenters. The molecule has 27 heavy (non-hydrogen) atoms. The van der Waals surface area contributed by atoms with E-state index in [1.165, 1.54) is 28.3 Å². The molecule has 0 aliphatic rings. The van der Waals surface area contributed by atoms with Gasteiger partial charge in [-0.05, 0) is 63.1 Å². The van der Waals surface area contributed by atoms with Crippen molar-refractivity contribution in [3.8, 4) is 5.75 Å². The monoisotopic (exact) mass is 380 g/mol. The quantitative estimate of drug-likeness (QED) is 0.611. The maximum atomic E-state index is 12.6. The van der Waals surface area contributed by atoms with Crippen molar-refractivity contribution in [1.82, 2.24) is 4.98 Å². The Bertz CT molecular complexity index is 1000. The summed E-state index contributed by atoms with van der Waals surface area (Å²) in [4.78, 5) is 17.4. The molecule has 0 spiro atoms. The van der Waals surface area contributed by atoms with Crippen LogP contribution in [0.2, 0.25) is 0 Å². The minimum absolute atomic E-state index is 0.0790. The van der Waals surface area contributed by atoms with Gasteiger partial charge in [0.1, 0.15) is 5.75 Å². The topological polar surface area (TPSA) is 51.2 Å². The average molecular weight is 381 g/mol. The fourth-order valence-electron chi connectivity index (χ4n) is 3.09. The number of aryl methyl sites for hydroxylation is 3. The number of carbonyl (C=O) groups is 1. The Morgan fingerprint density at radius 2 is 1.85 bits per heavy atom. The standard InChI is InChI=1S/C22H24N2O2S/c1-13-10-15(3)21-17(11-13)14(2)12-20(24-21)27-16(4)22(25)23-18-8-6-7-9-19(18)26-5/h6-12,16H,1-5H3,(H,23,25)/t16-/m0/s1. The molecule has 3 aromatic rings. The molecular weight excluding hydrogens is 356 g/mol. The third-order valence-electron chi connectivity index (χ3n) is 4.46. The Morgan fingerprint density at radius 3 is 2.59 bits per heavy atom. The van der Waals surface area contributed by atoms with Gasteiger partial charge in [0.05, 0.1) is 28.6 Å². The Balaban J connectivity index is 1.81. The van der Waals surface area contributed by atoms with Crippen molar-refractivity contribution in [1.29, 1.82) is 0 Å². The van der Waals surface area contributed by atoms with E-state index in [1.54, 1.807) is 7.11 Å². The molecule has 1 amide bonds. The highest BCUT2D eigenvalue weighted by Crippen LogP contribution is 2.30. The van der Waals surface area contributed by atoms with Gasteiger partial charge in [-0.25, -0.2) is 4.98 Å². The van der Waals surface area contributed by atoms with Crippen molar-refractivity contribution in [3.63, 3.8) is 0 Å². The third-order valence-corrected chi connectivity index (χ3v) is 5.48. The molecule has 3 rings (SSSR count). The van der Waals surface area contributed by atoms with Crippen LogP contribution in [0.5, 0.6) is 5.75 Å². The Hall–Kier alpha value is -2.53. The van der Waals surface area contributed by atoms with E-state index in [0.29, 0.717) is 11.4 Å². The molecule has 4 nitrogen and oxygen atoms in total. The molecule has 0 saturated carbocycles. The molecule has 5 heteroatoms. The van der Waals surface area contributed by atoms with Crippen molar-refractivity contribution < 1.29 is 9.53 Å². The Kier molecular flexibility index (Phi) is 5.71. The molecule has 1 atom stereocenters. The normalized spacial score (nSPS) is 12.0. The summed E-state index contributed by atoms with van der Waals surface area (Å²) in [6.07, 6.45) is 0. The van der Waals surface area contributed by atoms with E-state index in [2.05, 4.69) is 44.3 Å². The highest BCUT2D eigenvalue weighted by molar-refractivity contribution is 8.00. The van der Waals surface area contributed by atoms with Crippen molar-refractivity contribution in [2.75, 3.05) is 12.4 Å². The first-order chi connectivity index (χ1) is 12.9. The van der Waals surface area contributed by atoms with E-state index >= 15 is 0 Å². The number of carbonyl (C=O) groups excluding carboxylic acids is 1. The van der Waals surface area contributed by atoms with Gasteiger partial charge in [0, 0.05) is 5.39 Å². The first-order valence-electron chi connectivity index (χ1n) is 8.88. The van der Waals surface area contributed by atoms with Crippen LogP contribution in [-0.4, -0.2) is 23.3 Å². The molecule has 140 valence electrons. The molecule has 2 aromatic carbocycles. The Labute approximate surface area is 164 Å². The van der Waals surface area contributed by atoms with E-state index in [4.69, 9.17) is 9.72 Å². The van der Waals surface area contributed by atoms with Gasteiger partial charge in [-0.15, -0.1) is 0 Å². The maximum absolute atomic E-state index is 12.6. The lowest BCUT2D eigenvalue weighted by Gasteiger charge is -2.15. The highest BCUT2D eigenvalue weighted by Gasteiger charge is 2.18. The highest BCUT2D eigenvalue weighted by atomic mass is 32.2.